The van der Waals surface area contributed by atoms with Gasteiger partial charge < -0.3 is 14.2 Å². The zero-order chi connectivity index (χ0) is 28.1. The summed E-state index contributed by atoms with van der Waals surface area (Å²) in [6, 6.07) is 20.2. The van der Waals surface area contributed by atoms with Crippen molar-refractivity contribution in [1.29, 1.82) is 0 Å². The second kappa shape index (κ2) is 9.78. The normalized spacial score (nSPS) is 16.1. The van der Waals surface area contributed by atoms with Crippen molar-refractivity contribution in [2.45, 2.75) is 42.7 Å². The smallest absolute Gasteiger partial charge is 0.277 e. The number of aryl methyl sites for hydroxylation is 1. The Kier molecular flexibility index (Phi) is 6.37. The zero-order valence-electron chi connectivity index (χ0n) is 22.4. The number of aromatic nitrogens is 3. The summed E-state index contributed by atoms with van der Waals surface area (Å²) in [4.78, 5) is 27.7. The number of methoxy groups -OCH3 is 1. The van der Waals surface area contributed by atoms with E-state index in [1.54, 1.807) is 53.0 Å². The van der Waals surface area contributed by atoms with Gasteiger partial charge in [-0.15, -0.1) is 0 Å². The fourth-order valence-corrected chi connectivity index (χ4v) is 6.47. The summed E-state index contributed by atoms with van der Waals surface area (Å²) < 4.78 is 33.5. The Morgan fingerprint density at radius 3 is 2.27 bits per heavy atom. The van der Waals surface area contributed by atoms with E-state index in [1.165, 1.54) is 10.2 Å². The predicted octanol–water partition coefficient (Wildman–Crippen LogP) is 3.77. The van der Waals surface area contributed by atoms with Gasteiger partial charge in [-0.25, -0.2) is 13.1 Å². The molecule has 1 aliphatic carbocycles. The minimum absolute atomic E-state index is 0.00420. The second-order valence-electron chi connectivity index (χ2n) is 10.5. The minimum Gasteiger partial charge on any atom is -0.497 e. The number of hydrogen-bond acceptors (Lipinski definition) is 6. The molecule has 3 heterocycles. The van der Waals surface area contributed by atoms with Crippen LogP contribution in [-0.4, -0.2) is 48.6 Å². The SMILES string of the molecule is COc1ccc(-n2nc(S(C)(=O)=O)c3c2C(=O)N(c2ccc(C4(CCn5ccccc5=O)CC4)cc2)CC3)cc1. The van der Waals surface area contributed by atoms with Gasteiger partial charge in [-0.2, -0.15) is 5.10 Å². The number of anilines is 1. The fourth-order valence-electron chi connectivity index (χ4n) is 5.59. The van der Waals surface area contributed by atoms with E-state index < -0.39 is 9.84 Å². The van der Waals surface area contributed by atoms with Gasteiger partial charge in [0.15, 0.2) is 14.9 Å². The Morgan fingerprint density at radius 2 is 1.65 bits per heavy atom. The molecule has 0 saturated heterocycles. The van der Waals surface area contributed by atoms with E-state index in [4.69, 9.17) is 4.74 Å². The molecule has 1 fully saturated rings. The van der Waals surface area contributed by atoms with Gasteiger partial charge in [0.25, 0.3) is 5.91 Å². The summed E-state index contributed by atoms with van der Waals surface area (Å²) in [7, 11) is -2.08. The third-order valence-electron chi connectivity index (χ3n) is 8.02. The molecular weight excluding hydrogens is 528 g/mol. The molecule has 2 aromatic carbocycles. The molecule has 0 atom stereocenters. The molecule has 1 saturated carbocycles. The van der Waals surface area contributed by atoms with Crippen molar-refractivity contribution in [2.24, 2.45) is 0 Å². The molecule has 6 rings (SSSR count). The van der Waals surface area contributed by atoms with E-state index in [-0.39, 0.29) is 27.6 Å². The van der Waals surface area contributed by atoms with Crippen LogP contribution in [0.5, 0.6) is 5.75 Å². The molecule has 40 heavy (non-hydrogen) atoms. The van der Waals surface area contributed by atoms with Crippen LogP contribution in [0.15, 0.2) is 82.7 Å². The lowest BCUT2D eigenvalue weighted by Gasteiger charge is -2.28. The van der Waals surface area contributed by atoms with Crippen molar-refractivity contribution in [3.05, 3.63) is 100 Å². The van der Waals surface area contributed by atoms with E-state index in [0.717, 1.165) is 31.2 Å². The summed E-state index contributed by atoms with van der Waals surface area (Å²) in [5.41, 5.74) is 3.28. The first-order chi connectivity index (χ1) is 19.2. The summed E-state index contributed by atoms with van der Waals surface area (Å²) in [6.07, 6.45) is 6.31. The number of nitrogens with zero attached hydrogens (tertiary/aromatic N) is 4. The first-order valence-corrected chi connectivity index (χ1v) is 15.1. The summed E-state index contributed by atoms with van der Waals surface area (Å²) in [6.45, 7) is 1.01. The van der Waals surface area contributed by atoms with Crippen LogP contribution in [0.25, 0.3) is 5.69 Å². The van der Waals surface area contributed by atoms with Crippen molar-refractivity contribution >= 4 is 21.4 Å². The number of carbonyl (C=O) groups is 1. The molecule has 2 aliphatic rings. The minimum atomic E-state index is -3.64. The predicted molar refractivity (Wildman–Crippen MR) is 151 cm³/mol. The summed E-state index contributed by atoms with van der Waals surface area (Å²) in [5.74, 6) is 0.349. The average molecular weight is 559 g/mol. The number of rotatable bonds is 8. The van der Waals surface area contributed by atoms with Gasteiger partial charge in [-0.3, -0.25) is 9.59 Å². The van der Waals surface area contributed by atoms with Crippen LogP contribution in [0.1, 0.15) is 40.9 Å². The molecule has 0 spiro atoms. The Bertz CT molecular complexity index is 1750. The molecule has 1 aliphatic heterocycles. The van der Waals surface area contributed by atoms with Gasteiger partial charge in [0.05, 0.1) is 12.8 Å². The molecule has 4 aromatic rings. The number of sulfone groups is 1. The highest BCUT2D eigenvalue weighted by Crippen LogP contribution is 2.51. The highest BCUT2D eigenvalue weighted by Gasteiger charge is 2.44. The Balaban J connectivity index is 1.28. The van der Waals surface area contributed by atoms with Crippen LogP contribution in [0.4, 0.5) is 5.69 Å². The second-order valence-corrected chi connectivity index (χ2v) is 12.5. The van der Waals surface area contributed by atoms with E-state index >= 15 is 0 Å². The monoisotopic (exact) mass is 558 g/mol. The fraction of sp³-hybridized carbons (Fsp3) is 0.300. The maximum absolute atomic E-state index is 13.9. The van der Waals surface area contributed by atoms with Crippen LogP contribution in [0.3, 0.4) is 0 Å². The van der Waals surface area contributed by atoms with Crippen molar-refractivity contribution in [2.75, 3.05) is 24.8 Å². The Hall–Kier alpha value is -4.18. The van der Waals surface area contributed by atoms with Gasteiger partial charge in [0.1, 0.15) is 11.4 Å². The highest BCUT2D eigenvalue weighted by molar-refractivity contribution is 7.90. The number of hydrogen-bond donors (Lipinski definition) is 0. The standard InChI is InChI=1S/C30H30N4O5S/c1-39-24-12-10-23(11-13-24)34-27-25(28(31-34)40(2,37)38)14-19-33(29(27)36)22-8-6-21(7-9-22)30(15-16-30)17-20-32-18-4-3-5-26(32)35/h3-13,18H,14-17,19-20H2,1-2H3. The highest BCUT2D eigenvalue weighted by atomic mass is 32.2. The van der Waals surface area contributed by atoms with Crippen molar-refractivity contribution in [3.63, 3.8) is 0 Å². The number of ether oxygens (including phenoxy) is 1. The Morgan fingerprint density at radius 1 is 0.950 bits per heavy atom. The summed E-state index contributed by atoms with van der Waals surface area (Å²) >= 11 is 0. The Labute approximate surface area is 232 Å². The zero-order valence-corrected chi connectivity index (χ0v) is 23.2. The topological polar surface area (TPSA) is 104 Å². The van der Waals surface area contributed by atoms with Gasteiger partial charge in [-0.05, 0) is 79.1 Å². The molecule has 0 radical (unpaired) electrons. The third-order valence-corrected chi connectivity index (χ3v) is 9.05. The molecule has 9 nitrogen and oxygen atoms in total. The van der Waals surface area contributed by atoms with Gasteiger partial charge in [0, 0.05) is 42.9 Å². The van der Waals surface area contributed by atoms with Crippen LogP contribution >= 0.6 is 0 Å². The van der Waals surface area contributed by atoms with Crippen LogP contribution in [-0.2, 0) is 28.2 Å². The lowest BCUT2D eigenvalue weighted by Crippen LogP contribution is -2.39. The number of benzene rings is 2. The van der Waals surface area contributed by atoms with Gasteiger partial charge in [-0.1, -0.05) is 18.2 Å². The maximum atomic E-state index is 13.9. The first-order valence-electron chi connectivity index (χ1n) is 13.2. The van der Waals surface area contributed by atoms with Crippen molar-refractivity contribution in [3.8, 4) is 11.4 Å². The van der Waals surface area contributed by atoms with Crippen molar-refractivity contribution in [1.82, 2.24) is 14.3 Å². The number of amides is 1. The quantitative estimate of drug-likeness (QED) is 0.326. The molecular formula is C30H30N4O5S. The van der Waals surface area contributed by atoms with Crippen LogP contribution in [0.2, 0.25) is 0 Å². The van der Waals surface area contributed by atoms with Gasteiger partial charge >= 0.3 is 0 Å². The third kappa shape index (κ3) is 4.62. The lowest BCUT2D eigenvalue weighted by atomic mass is 9.92. The van der Waals surface area contributed by atoms with E-state index in [1.807, 2.05) is 24.4 Å². The van der Waals surface area contributed by atoms with Crippen LogP contribution < -0.4 is 15.2 Å². The molecule has 10 heteroatoms. The van der Waals surface area contributed by atoms with Gasteiger partial charge in [0.2, 0.25) is 5.56 Å². The number of carbonyl (C=O) groups excluding carboxylic acids is 1. The number of fused-ring (bicyclic) bond motifs is 1. The van der Waals surface area contributed by atoms with E-state index in [9.17, 15) is 18.0 Å². The lowest BCUT2D eigenvalue weighted by molar-refractivity contribution is 0.0973. The van der Waals surface area contributed by atoms with Crippen LogP contribution in [0, 0.1) is 0 Å². The molecule has 0 N–H and O–H groups in total. The van der Waals surface area contributed by atoms with E-state index in [0.29, 0.717) is 36.5 Å². The molecule has 206 valence electrons. The average Bonchev–Trinajstić information content (AvgIpc) is 3.64. The first kappa shape index (κ1) is 26.1. The van der Waals surface area contributed by atoms with Crippen molar-refractivity contribution < 1.29 is 17.9 Å². The largest absolute Gasteiger partial charge is 0.497 e. The molecule has 2 aromatic heterocycles. The number of pyridine rings is 1. The summed E-state index contributed by atoms with van der Waals surface area (Å²) in [5, 5.41) is 4.33. The molecule has 0 unspecified atom stereocenters. The maximum Gasteiger partial charge on any atom is 0.277 e. The van der Waals surface area contributed by atoms with E-state index in [2.05, 4.69) is 17.2 Å². The molecule has 1 amide bonds. The molecule has 0 bridgehead atoms.